The van der Waals surface area contributed by atoms with E-state index in [1.807, 2.05) is 13.8 Å². The number of aromatic carboxylic acids is 1. The minimum absolute atomic E-state index is 0.0705. The van der Waals surface area contributed by atoms with Gasteiger partial charge in [-0.05, 0) is 24.5 Å². The van der Waals surface area contributed by atoms with Gasteiger partial charge in [-0.1, -0.05) is 13.8 Å². The van der Waals surface area contributed by atoms with Gasteiger partial charge in [-0.15, -0.1) is 11.3 Å². The van der Waals surface area contributed by atoms with Crippen LogP contribution in [0.5, 0.6) is 0 Å². The van der Waals surface area contributed by atoms with Gasteiger partial charge in [-0.3, -0.25) is 9.59 Å². The lowest BCUT2D eigenvalue weighted by Crippen LogP contribution is -2.46. The Bertz CT molecular complexity index is 536. The average Bonchev–Trinajstić information content (AvgIpc) is 2.66. The molecule has 2 amide bonds. The van der Waals surface area contributed by atoms with Gasteiger partial charge in [-0.2, -0.15) is 0 Å². The molecule has 0 spiro atoms. The molecule has 0 radical (unpaired) electrons. The van der Waals surface area contributed by atoms with E-state index < -0.39 is 12.0 Å². The van der Waals surface area contributed by atoms with Crippen LogP contribution in [-0.2, 0) is 9.59 Å². The number of rotatable bonds is 5. The smallest absolute Gasteiger partial charge is 0.346 e. The third-order valence-corrected chi connectivity index (χ3v) is 3.81. The topological polar surface area (TPSA) is 95.5 Å². The number of carbonyl (C=O) groups excluding carboxylic acids is 2. The SMILES string of the molecule is CC(=O)NC(C(=O)Nc1cc(C)c(C(=O)O)s1)C(C)C. The fourth-order valence-electron chi connectivity index (χ4n) is 1.71. The van der Waals surface area contributed by atoms with Crippen LogP contribution in [0, 0.1) is 12.8 Å². The largest absolute Gasteiger partial charge is 0.477 e. The lowest BCUT2D eigenvalue weighted by atomic mass is 10.0. The van der Waals surface area contributed by atoms with Gasteiger partial charge in [0.25, 0.3) is 0 Å². The number of carbonyl (C=O) groups is 3. The zero-order chi connectivity index (χ0) is 15.4. The molecule has 0 aliphatic heterocycles. The number of aryl methyl sites for hydroxylation is 1. The van der Waals surface area contributed by atoms with Gasteiger partial charge in [0.05, 0.1) is 5.00 Å². The summed E-state index contributed by atoms with van der Waals surface area (Å²) in [4.78, 5) is 34.4. The van der Waals surface area contributed by atoms with E-state index in [-0.39, 0.29) is 22.6 Å². The lowest BCUT2D eigenvalue weighted by molar-refractivity contribution is -0.126. The Kier molecular flexibility index (Phi) is 5.26. The van der Waals surface area contributed by atoms with Crippen LogP contribution < -0.4 is 10.6 Å². The lowest BCUT2D eigenvalue weighted by Gasteiger charge is -2.20. The Morgan fingerprint density at radius 3 is 2.30 bits per heavy atom. The monoisotopic (exact) mass is 298 g/mol. The highest BCUT2D eigenvalue weighted by Gasteiger charge is 2.24. The molecule has 1 aromatic heterocycles. The number of carboxylic acid groups (broad SMARTS) is 1. The Balaban J connectivity index is 2.85. The van der Waals surface area contributed by atoms with Gasteiger partial charge in [0, 0.05) is 6.92 Å². The summed E-state index contributed by atoms with van der Waals surface area (Å²) in [7, 11) is 0. The second kappa shape index (κ2) is 6.51. The minimum Gasteiger partial charge on any atom is -0.477 e. The van der Waals surface area contributed by atoms with E-state index in [0.717, 1.165) is 11.3 Å². The van der Waals surface area contributed by atoms with Crippen LogP contribution in [0.3, 0.4) is 0 Å². The Morgan fingerprint density at radius 1 is 1.30 bits per heavy atom. The molecule has 110 valence electrons. The molecule has 3 N–H and O–H groups in total. The number of carboxylic acids is 1. The van der Waals surface area contributed by atoms with Crippen LogP contribution in [0.4, 0.5) is 5.00 Å². The molecule has 0 aliphatic rings. The van der Waals surface area contributed by atoms with Crippen LogP contribution in [0.15, 0.2) is 6.07 Å². The van der Waals surface area contributed by atoms with E-state index in [1.165, 1.54) is 6.92 Å². The zero-order valence-corrected chi connectivity index (χ0v) is 12.6. The van der Waals surface area contributed by atoms with Crippen molar-refractivity contribution in [3.63, 3.8) is 0 Å². The van der Waals surface area contributed by atoms with Crippen molar-refractivity contribution in [3.8, 4) is 0 Å². The van der Waals surface area contributed by atoms with E-state index in [0.29, 0.717) is 10.6 Å². The maximum atomic E-state index is 12.1. The van der Waals surface area contributed by atoms with Crippen molar-refractivity contribution >= 4 is 34.1 Å². The maximum Gasteiger partial charge on any atom is 0.346 e. The van der Waals surface area contributed by atoms with Gasteiger partial charge in [0.15, 0.2) is 0 Å². The highest BCUT2D eigenvalue weighted by Crippen LogP contribution is 2.26. The first-order valence-corrected chi connectivity index (χ1v) is 6.95. The zero-order valence-electron chi connectivity index (χ0n) is 11.8. The van der Waals surface area contributed by atoms with E-state index >= 15 is 0 Å². The molecule has 1 aromatic rings. The first-order valence-electron chi connectivity index (χ1n) is 6.14. The van der Waals surface area contributed by atoms with Crippen LogP contribution in [-0.4, -0.2) is 28.9 Å². The Hall–Kier alpha value is -1.89. The van der Waals surface area contributed by atoms with Crippen LogP contribution in [0.1, 0.15) is 36.0 Å². The third-order valence-electron chi connectivity index (χ3n) is 2.67. The predicted molar refractivity (Wildman–Crippen MR) is 77.1 cm³/mol. The summed E-state index contributed by atoms with van der Waals surface area (Å²) in [5.74, 6) is -1.73. The van der Waals surface area contributed by atoms with E-state index in [4.69, 9.17) is 5.11 Å². The van der Waals surface area contributed by atoms with Crippen LogP contribution in [0.25, 0.3) is 0 Å². The fourth-order valence-corrected chi connectivity index (χ4v) is 2.62. The quantitative estimate of drug-likeness (QED) is 0.773. The molecule has 20 heavy (non-hydrogen) atoms. The van der Waals surface area contributed by atoms with Gasteiger partial charge in [0.1, 0.15) is 10.9 Å². The number of amides is 2. The first kappa shape index (κ1) is 16.2. The second-order valence-corrected chi connectivity index (χ2v) is 5.89. The van der Waals surface area contributed by atoms with Crippen molar-refractivity contribution in [1.29, 1.82) is 0 Å². The number of hydrogen-bond acceptors (Lipinski definition) is 4. The number of nitrogens with one attached hydrogen (secondary N) is 2. The molecule has 0 aliphatic carbocycles. The van der Waals surface area contributed by atoms with Gasteiger partial charge in [0.2, 0.25) is 11.8 Å². The molecule has 0 aromatic carbocycles. The molecular formula is C13H18N2O4S. The van der Waals surface area contributed by atoms with Crippen molar-refractivity contribution in [1.82, 2.24) is 5.32 Å². The van der Waals surface area contributed by atoms with E-state index in [1.54, 1.807) is 13.0 Å². The Morgan fingerprint density at radius 2 is 1.90 bits per heavy atom. The molecular weight excluding hydrogens is 280 g/mol. The third kappa shape index (κ3) is 4.06. The van der Waals surface area contributed by atoms with Crippen molar-refractivity contribution in [3.05, 3.63) is 16.5 Å². The van der Waals surface area contributed by atoms with Crippen LogP contribution >= 0.6 is 11.3 Å². The molecule has 7 heteroatoms. The molecule has 0 bridgehead atoms. The first-order chi connectivity index (χ1) is 9.22. The van der Waals surface area contributed by atoms with E-state index in [9.17, 15) is 14.4 Å². The van der Waals surface area contributed by atoms with Crippen molar-refractivity contribution in [2.24, 2.45) is 5.92 Å². The van der Waals surface area contributed by atoms with E-state index in [2.05, 4.69) is 10.6 Å². The van der Waals surface area contributed by atoms with Gasteiger partial charge < -0.3 is 15.7 Å². The minimum atomic E-state index is -1.02. The van der Waals surface area contributed by atoms with Crippen LogP contribution in [0.2, 0.25) is 0 Å². The predicted octanol–water partition coefficient (Wildman–Crippen LogP) is 1.85. The van der Waals surface area contributed by atoms with Gasteiger partial charge in [-0.25, -0.2) is 4.79 Å². The normalized spacial score (nSPS) is 12.1. The molecule has 6 nitrogen and oxygen atoms in total. The second-order valence-electron chi connectivity index (χ2n) is 4.84. The Labute approximate surface area is 121 Å². The van der Waals surface area contributed by atoms with Crippen molar-refractivity contribution < 1.29 is 19.5 Å². The molecule has 1 rings (SSSR count). The number of hydrogen-bond donors (Lipinski definition) is 3. The number of thiophene rings is 1. The summed E-state index contributed by atoms with van der Waals surface area (Å²) in [5.41, 5.74) is 0.596. The standard InChI is InChI=1S/C13H18N2O4S/c1-6(2)10(14-8(4)16)12(17)15-9-5-7(3)11(20-9)13(18)19/h5-6,10H,1-4H3,(H,14,16)(H,15,17)(H,18,19). The molecule has 1 heterocycles. The van der Waals surface area contributed by atoms with Gasteiger partial charge >= 0.3 is 5.97 Å². The molecule has 0 saturated heterocycles. The maximum absolute atomic E-state index is 12.1. The molecule has 0 fully saturated rings. The molecule has 1 unspecified atom stereocenters. The molecule has 0 saturated carbocycles. The summed E-state index contributed by atoms with van der Waals surface area (Å²) in [6.07, 6.45) is 0. The fraction of sp³-hybridized carbons (Fsp3) is 0.462. The van der Waals surface area contributed by atoms with Crippen molar-refractivity contribution in [2.75, 3.05) is 5.32 Å². The van der Waals surface area contributed by atoms with Crippen molar-refractivity contribution in [2.45, 2.75) is 33.7 Å². The highest BCUT2D eigenvalue weighted by molar-refractivity contribution is 7.18. The highest BCUT2D eigenvalue weighted by atomic mass is 32.1. The summed E-state index contributed by atoms with van der Waals surface area (Å²) < 4.78 is 0. The number of anilines is 1. The summed E-state index contributed by atoms with van der Waals surface area (Å²) in [6.45, 7) is 6.66. The summed E-state index contributed by atoms with van der Waals surface area (Å²) in [5, 5.41) is 14.7. The summed E-state index contributed by atoms with van der Waals surface area (Å²) >= 11 is 1.000. The molecule has 1 atom stereocenters. The average molecular weight is 298 g/mol. The summed E-state index contributed by atoms with van der Waals surface area (Å²) in [6, 6.07) is 0.958.